The molecule has 1 N–H and O–H groups in total. The van der Waals surface area contributed by atoms with Gasteiger partial charge in [-0.2, -0.15) is 0 Å². The number of ether oxygens (including phenoxy) is 1. The second kappa shape index (κ2) is 6.68. The van der Waals surface area contributed by atoms with Crippen molar-refractivity contribution in [3.63, 3.8) is 0 Å². The Morgan fingerprint density at radius 3 is 2.47 bits per heavy atom. The van der Waals surface area contributed by atoms with Gasteiger partial charge in [-0.1, -0.05) is 30.3 Å². The predicted molar refractivity (Wildman–Crippen MR) is 64.2 cm³/mol. The molecular weight excluding hydrogens is 218 g/mol. The monoisotopic (exact) mass is 235 g/mol. The summed E-state index contributed by atoms with van der Waals surface area (Å²) < 4.78 is 5.21. The molecule has 4 heteroatoms. The molecule has 0 heterocycles. The molecule has 0 aliphatic rings. The van der Waals surface area contributed by atoms with Gasteiger partial charge in [0.2, 0.25) is 5.91 Å². The van der Waals surface area contributed by atoms with Crippen LogP contribution in [0.4, 0.5) is 0 Å². The summed E-state index contributed by atoms with van der Waals surface area (Å²) in [4.78, 5) is 22.2. The quantitative estimate of drug-likeness (QED) is 0.792. The van der Waals surface area contributed by atoms with E-state index >= 15 is 0 Å². The second-order valence-corrected chi connectivity index (χ2v) is 3.72. The Hall–Kier alpha value is -1.84. The number of amides is 1. The summed E-state index contributed by atoms with van der Waals surface area (Å²) in [6.07, 6.45) is 0.470. The van der Waals surface area contributed by atoms with E-state index in [-0.39, 0.29) is 18.0 Å². The molecule has 1 amide bonds. The Balaban J connectivity index is 2.67. The third-order valence-corrected chi connectivity index (χ3v) is 2.39. The normalized spacial score (nSPS) is 11.6. The Bertz CT molecular complexity index is 376. The van der Waals surface area contributed by atoms with Crippen molar-refractivity contribution in [2.45, 2.75) is 25.9 Å². The first-order chi connectivity index (χ1) is 8.13. The van der Waals surface area contributed by atoms with Crippen LogP contribution in [-0.4, -0.2) is 18.9 Å². The lowest BCUT2D eigenvalue weighted by molar-refractivity contribution is -0.147. The van der Waals surface area contributed by atoms with Gasteiger partial charge in [-0.3, -0.25) is 9.59 Å². The third-order valence-electron chi connectivity index (χ3n) is 2.39. The number of benzene rings is 1. The minimum atomic E-state index is -0.356. The van der Waals surface area contributed by atoms with Gasteiger partial charge in [-0.05, 0) is 12.0 Å². The Morgan fingerprint density at radius 1 is 1.29 bits per heavy atom. The Morgan fingerprint density at radius 2 is 1.94 bits per heavy atom. The molecule has 1 atom stereocenters. The minimum absolute atomic E-state index is 0.0573. The third kappa shape index (κ3) is 4.68. The van der Waals surface area contributed by atoms with Gasteiger partial charge in [0, 0.05) is 20.4 Å². The fourth-order valence-electron chi connectivity index (χ4n) is 1.55. The molecule has 1 aromatic carbocycles. The number of esters is 1. The van der Waals surface area contributed by atoms with Crippen LogP contribution < -0.4 is 5.32 Å². The maximum Gasteiger partial charge on any atom is 0.303 e. The zero-order valence-electron chi connectivity index (χ0n) is 10.1. The summed E-state index contributed by atoms with van der Waals surface area (Å²) in [5, 5.41) is 2.55. The van der Waals surface area contributed by atoms with Crippen molar-refractivity contribution in [3.8, 4) is 0 Å². The van der Waals surface area contributed by atoms with Crippen LogP contribution in [0, 0.1) is 0 Å². The summed E-state index contributed by atoms with van der Waals surface area (Å²) in [7, 11) is 1.59. The molecule has 0 saturated carbocycles. The van der Waals surface area contributed by atoms with Crippen LogP contribution in [0.1, 0.15) is 31.4 Å². The Kier molecular flexibility index (Phi) is 5.20. The second-order valence-electron chi connectivity index (χ2n) is 3.72. The topological polar surface area (TPSA) is 55.4 Å². The van der Waals surface area contributed by atoms with E-state index in [1.807, 2.05) is 30.3 Å². The van der Waals surface area contributed by atoms with Crippen molar-refractivity contribution >= 4 is 11.9 Å². The summed E-state index contributed by atoms with van der Waals surface area (Å²) in [5.41, 5.74) is 0.909. The lowest BCUT2D eigenvalue weighted by Gasteiger charge is -2.16. The van der Waals surface area contributed by atoms with Crippen LogP contribution in [0.5, 0.6) is 0 Å². The van der Waals surface area contributed by atoms with Gasteiger partial charge < -0.3 is 10.1 Å². The van der Waals surface area contributed by atoms with Gasteiger partial charge in [0.05, 0.1) is 0 Å². The van der Waals surface area contributed by atoms with Crippen molar-refractivity contribution in [3.05, 3.63) is 35.9 Å². The van der Waals surface area contributed by atoms with Crippen molar-refractivity contribution in [1.82, 2.24) is 5.32 Å². The molecule has 1 aromatic rings. The van der Waals surface area contributed by atoms with E-state index in [1.165, 1.54) is 6.92 Å². The highest BCUT2D eigenvalue weighted by Gasteiger charge is 2.15. The number of rotatable bonds is 5. The molecule has 1 unspecified atom stereocenters. The maximum atomic E-state index is 11.2. The van der Waals surface area contributed by atoms with E-state index in [4.69, 9.17) is 4.74 Å². The highest BCUT2D eigenvalue weighted by Crippen LogP contribution is 2.22. The highest BCUT2D eigenvalue weighted by molar-refractivity contribution is 5.75. The summed E-state index contributed by atoms with van der Waals surface area (Å²) in [5.74, 6) is -0.395. The molecule has 0 aromatic heterocycles. The SMILES string of the molecule is CNC(=O)CCC(OC(C)=O)c1ccccc1. The van der Waals surface area contributed by atoms with E-state index in [1.54, 1.807) is 7.05 Å². The highest BCUT2D eigenvalue weighted by atomic mass is 16.5. The van der Waals surface area contributed by atoms with Gasteiger partial charge in [-0.15, -0.1) is 0 Å². The molecule has 0 spiro atoms. The molecule has 4 nitrogen and oxygen atoms in total. The lowest BCUT2D eigenvalue weighted by atomic mass is 10.0. The first-order valence-corrected chi connectivity index (χ1v) is 5.56. The van der Waals surface area contributed by atoms with Gasteiger partial charge in [0.15, 0.2) is 0 Å². The number of carbonyl (C=O) groups excluding carboxylic acids is 2. The summed E-state index contributed by atoms with van der Waals surface area (Å²) >= 11 is 0. The fraction of sp³-hybridized carbons (Fsp3) is 0.385. The molecule has 0 saturated heterocycles. The first-order valence-electron chi connectivity index (χ1n) is 5.56. The standard InChI is InChI=1S/C13H17NO3/c1-10(15)17-12(8-9-13(16)14-2)11-6-4-3-5-7-11/h3-7,12H,8-9H2,1-2H3,(H,14,16). The van der Waals surface area contributed by atoms with E-state index in [9.17, 15) is 9.59 Å². The predicted octanol–water partition coefficient (Wildman–Crippen LogP) is 1.82. The van der Waals surface area contributed by atoms with Crippen molar-refractivity contribution in [1.29, 1.82) is 0 Å². The van der Waals surface area contributed by atoms with E-state index in [0.717, 1.165) is 5.56 Å². The van der Waals surface area contributed by atoms with E-state index < -0.39 is 0 Å². The zero-order valence-corrected chi connectivity index (χ0v) is 10.1. The van der Waals surface area contributed by atoms with Crippen LogP contribution in [-0.2, 0) is 14.3 Å². The number of carbonyl (C=O) groups is 2. The van der Waals surface area contributed by atoms with Gasteiger partial charge in [0.25, 0.3) is 0 Å². The first kappa shape index (κ1) is 13.2. The summed E-state index contributed by atoms with van der Waals surface area (Å²) in [6.45, 7) is 1.37. The average Bonchev–Trinajstić information content (AvgIpc) is 2.34. The molecule has 17 heavy (non-hydrogen) atoms. The number of hydrogen-bond acceptors (Lipinski definition) is 3. The molecule has 0 radical (unpaired) electrons. The zero-order chi connectivity index (χ0) is 12.7. The number of hydrogen-bond donors (Lipinski definition) is 1. The maximum absolute atomic E-state index is 11.2. The van der Waals surface area contributed by atoms with Crippen LogP contribution in [0.25, 0.3) is 0 Å². The molecule has 1 rings (SSSR count). The molecule has 0 aliphatic carbocycles. The van der Waals surface area contributed by atoms with Gasteiger partial charge >= 0.3 is 5.97 Å². The van der Waals surface area contributed by atoms with Crippen molar-refractivity contribution in [2.24, 2.45) is 0 Å². The molecule has 92 valence electrons. The summed E-state index contributed by atoms with van der Waals surface area (Å²) in [6, 6.07) is 9.43. The molecule has 0 fully saturated rings. The van der Waals surface area contributed by atoms with Crippen LogP contribution in [0.15, 0.2) is 30.3 Å². The fourth-order valence-corrected chi connectivity index (χ4v) is 1.55. The molecule has 0 bridgehead atoms. The van der Waals surface area contributed by atoms with E-state index in [2.05, 4.69) is 5.32 Å². The number of nitrogens with one attached hydrogen (secondary N) is 1. The smallest absolute Gasteiger partial charge is 0.303 e. The molecular formula is C13H17NO3. The van der Waals surface area contributed by atoms with Crippen LogP contribution in [0.2, 0.25) is 0 Å². The van der Waals surface area contributed by atoms with Crippen LogP contribution >= 0.6 is 0 Å². The average molecular weight is 235 g/mol. The lowest BCUT2D eigenvalue weighted by Crippen LogP contribution is -2.19. The largest absolute Gasteiger partial charge is 0.458 e. The van der Waals surface area contributed by atoms with Crippen molar-refractivity contribution in [2.75, 3.05) is 7.05 Å². The Labute approximate surface area is 101 Å². The molecule has 0 aliphatic heterocycles. The van der Waals surface area contributed by atoms with Crippen LogP contribution in [0.3, 0.4) is 0 Å². The van der Waals surface area contributed by atoms with Gasteiger partial charge in [-0.25, -0.2) is 0 Å². The minimum Gasteiger partial charge on any atom is -0.458 e. The van der Waals surface area contributed by atoms with E-state index in [0.29, 0.717) is 12.8 Å². The van der Waals surface area contributed by atoms with Crippen molar-refractivity contribution < 1.29 is 14.3 Å². The van der Waals surface area contributed by atoms with Gasteiger partial charge in [0.1, 0.15) is 6.10 Å².